The Morgan fingerprint density at radius 2 is 1.78 bits per heavy atom. The fraction of sp³-hybridized carbons (Fsp3) is 0.194. The number of carbonyl (C=O) groups is 2. The summed E-state index contributed by atoms with van der Waals surface area (Å²) in [6.07, 6.45) is 5.42. The minimum atomic E-state index is -0.441. The van der Waals surface area contributed by atoms with Gasteiger partial charge in [-0.05, 0) is 55.0 Å². The van der Waals surface area contributed by atoms with E-state index in [1.807, 2.05) is 48.5 Å². The van der Waals surface area contributed by atoms with Crippen LogP contribution in [0.1, 0.15) is 51.7 Å². The number of nitro groups is 1. The monoisotopic (exact) mass is 584 g/mol. The first-order chi connectivity index (χ1) is 19.9. The summed E-state index contributed by atoms with van der Waals surface area (Å²) in [6.45, 7) is 1.85. The number of para-hydroxylation sites is 1. The number of thiophene rings is 1. The zero-order valence-electron chi connectivity index (χ0n) is 22.4. The van der Waals surface area contributed by atoms with Crippen LogP contribution in [0.25, 0.3) is 0 Å². The lowest BCUT2D eigenvalue weighted by Gasteiger charge is -2.13. The minimum Gasteiger partial charge on any atom is -0.348 e. The van der Waals surface area contributed by atoms with Gasteiger partial charge in [-0.25, -0.2) is 4.99 Å². The van der Waals surface area contributed by atoms with Gasteiger partial charge in [0.15, 0.2) is 0 Å². The van der Waals surface area contributed by atoms with Gasteiger partial charge in [0.25, 0.3) is 11.6 Å². The molecule has 1 aromatic heterocycles. The highest BCUT2D eigenvalue weighted by atomic mass is 32.2. The third kappa shape index (κ3) is 6.90. The van der Waals surface area contributed by atoms with Crippen molar-refractivity contribution in [3.63, 3.8) is 0 Å². The second-order valence-electron chi connectivity index (χ2n) is 9.58. The Balaban J connectivity index is 1.49. The molecule has 0 saturated carbocycles. The predicted molar refractivity (Wildman–Crippen MR) is 164 cm³/mol. The maximum absolute atomic E-state index is 13.5. The molecule has 0 unspecified atom stereocenters. The third-order valence-electron chi connectivity index (χ3n) is 6.62. The Morgan fingerprint density at radius 1 is 1.02 bits per heavy atom. The van der Waals surface area contributed by atoms with E-state index in [-0.39, 0.29) is 17.5 Å². The number of rotatable bonds is 9. The normalized spacial score (nSPS) is 12.6. The average Bonchev–Trinajstić information content (AvgIpc) is 3.35. The van der Waals surface area contributed by atoms with Gasteiger partial charge in [0.2, 0.25) is 5.91 Å². The number of hydrogen-bond donors (Lipinski definition) is 2. The first kappa shape index (κ1) is 28.3. The van der Waals surface area contributed by atoms with Crippen molar-refractivity contribution in [1.29, 1.82) is 0 Å². The van der Waals surface area contributed by atoms with Crippen molar-refractivity contribution in [3.05, 3.63) is 110 Å². The third-order valence-corrected chi connectivity index (χ3v) is 8.99. The number of nitrogens with one attached hydrogen (secondary N) is 2. The molecule has 0 spiro atoms. The maximum atomic E-state index is 13.5. The van der Waals surface area contributed by atoms with E-state index < -0.39 is 4.92 Å². The first-order valence-corrected chi connectivity index (χ1v) is 14.9. The zero-order chi connectivity index (χ0) is 28.8. The fourth-order valence-corrected chi connectivity index (χ4v) is 6.89. The molecule has 2 amide bonds. The van der Waals surface area contributed by atoms with Gasteiger partial charge in [0, 0.05) is 52.0 Å². The van der Waals surface area contributed by atoms with Gasteiger partial charge < -0.3 is 10.6 Å². The molecule has 10 heteroatoms. The molecule has 0 atom stereocenters. The van der Waals surface area contributed by atoms with Crippen LogP contribution in [0.3, 0.4) is 0 Å². The van der Waals surface area contributed by atoms with Crippen molar-refractivity contribution in [2.45, 2.75) is 48.9 Å². The van der Waals surface area contributed by atoms with E-state index in [4.69, 9.17) is 4.99 Å². The lowest BCUT2D eigenvalue weighted by molar-refractivity contribution is -0.384. The van der Waals surface area contributed by atoms with Crippen LogP contribution in [-0.4, -0.2) is 23.0 Å². The number of aliphatic imine (C=N–C) groups is 1. The van der Waals surface area contributed by atoms with Crippen LogP contribution >= 0.6 is 23.1 Å². The van der Waals surface area contributed by atoms with Gasteiger partial charge in [-0.1, -0.05) is 54.2 Å². The molecule has 0 bridgehead atoms. The number of non-ortho nitro benzene ring substituents is 1. The molecule has 1 aliphatic rings. The molecule has 0 fully saturated rings. The lowest BCUT2D eigenvalue weighted by atomic mass is 9.95. The molecular weight excluding hydrogens is 556 g/mol. The number of anilines is 1. The summed E-state index contributed by atoms with van der Waals surface area (Å²) in [5.74, 6) is -0.360. The Hall–Kier alpha value is -4.28. The Labute approximate surface area is 246 Å². The topological polar surface area (TPSA) is 114 Å². The largest absolute Gasteiger partial charge is 0.348 e. The van der Waals surface area contributed by atoms with Crippen molar-refractivity contribution in [3.8, 4) is 0 Å². The standard InChI is InChI=1S/C31H28N4O4S2/c1-20(36)34-25-12-6-8-14-28(25)40-26-16-15-23(35(38)39)17-22(26)19-33-31-29(24-11-5-7-13-27(24)41-31)30(37)32-18-21-9-3-2-4-10-21/h2-4,6,8-10,12,14-17,19H,5,7,11,13,18H2,1H3,(H,32,37)(H,34,36). The number of nitro benzene ring substituents is 1. The average molecular weight is 585 g/mol. The quantitative estimate of drug-likeness (QED) is 0.122. The molecule has 4 aromatic rings. The summed E-state index contributed by atoms with van der Waals surface area (Å²) in [4.78, 5) is 43.8. The summed E-state index contributed by atoms with van der Waals surface area (Å²) in [5, 5.41) is 18.1. The van der Waals surface area contributed by atoms with Crippen LogP contribution in [0.2, 0.25) is 0 Å². The van der Waals surface area contributed by atoms with Gasteiger partial charge in [0.05, 0.1) is 16.2 Å². The van der Waals surface area contributed by atoms with Gasteiger partial charge in [-0.2, -0.15) is 0 Å². The van der Waals surface area contributed by atoms with E-state index >= 15 is 0 Å². The first-order valence-electron chi connectivity index (χ1n) is 13.2. The number of aryl methyl sites for hydroxylation is 1. The van der Waals surface area contributed by atoms with Gasteiger partial charge in [-0.3, -0.25) is 19.7 Å². The SMILES string of the molecule is CC(=O)Nc1ccccc1Sc1ccc([N+](=O)[O-])cc1C=Nc1sc2c(c1C(=O)NCc1ccccc1)CCCC2. The lowest BCUT2D eigenvalue weighted by Crippen LogP contribution is -2.24. The van der Waals surface area contributed by atoms with Crippen molar-refractivity contribution in [1.82, 2.24) is 5.32 Å². The van der Waals surface area contributed by atoms with Gasteiger partial charge >= 0.3 is 0 Å². The summed E-state index contributed by atoms with van der Waals surface area (Å²) >= 11 is 2.89. The molecule has 41 heavy (non-hydrogen) atoms. The predicted octanol–water partition coefficient (Wildman–Crippen LogP) is 7.33. The zero-order valence-corrected chi connectivity index (χ0v) is 24.0. The number of amides is 2. The number of fused-ring (bicyclic) bond motifs is 1. The highest BCUT2D eigenvalue weighted by Gasteiger charge is 2.25. The molecule has 1 heterocycles. The Kier molecular flexibility index (Phi) is 8.91. The summed E-state index contributed by atoms with van der Waals surface area (Å²) in [5.41, 5.74) is 3.78. The molecule has 0 radical (unpaired) electrons. The maximum Gasteiger partial charge on any atom is 0.270 e. The van der Waals surface area contributed by atoms with Crippen molar-refractivity contribution in [2.75, 3.05) is 5.32 Å². The molecule has 0 aliphatic heterocycles. The molecular formula is C31H28N4O4S2. The van der Waals surface area contributed by atoms with Crippen LogP contribution < -0.4 is 10.6 Å². The minimum absolute atomic E-state index is 0.0581. The van der Waals surface area contributed by atoms with Crippen LogP contribution in [-0.2, 0) is 24.2 Å². The summed E-state index contributed by atoms with van der Waals surface area (Å²) in [6, 6.07) is 21.7. The number of benzene rings is 3. The molecule has 1 aliphatic carbocycles. The molecule has 0 saturated heterocycles. The van der Waals surface area contributed by atoms with E-state index in [0.29, 0.717) is 28.4 Å². The fourth-order valence-electron chi connectivity index (χ4n) is 4.68. The van der Waals surface area contributed by atoms with Crippen LogP contribution in [0.5, 0.6) is 0 Å². The second kappa shape index (κ2) is 12.9. The highest BCUT2D eigenvalue weighted by Crippen LogP contribution is 2.41. The highest BCUT2D eigenvalue weighted by molar-refractivity contribution is 7.99. The summed E-state index contributed by atoms with van der Waals surface area (Å²) < 4.78 is 0. The van der Waals surface area contributed by atoms with E-state index in [1.165, 1.54) is 47.0 Å². The van der Waals surface area contributed by atoms with Gasteiger partial charge in [0.1, 0.15) is 5.00 Å². The van der Waals surface area contributed by atoms with E-state index in [0.717, 1.165) is 46.6 Å². The molecule has 8 nitrogen and oxygen atoms in total. The smallest absolute Gasteiger partial charge is 0.270 e. The van der Waals surface area contributed by atoms with E-state index in [2.05, 4.69) is 10.6 Å². The van der Waals surface area contributed by atoms with Crippen LogP contribution in [0, 0.1) is 10.1 Å². The van der Waals surface area contributed by atoms with E-state index in [9.17, 15) is 19.7 Å². The second-order valence-corrected chi connectivity index (χ2v) is 11.7. The summed E-state index contributed by atoms with van der Waals surface area (Å²) in [7, 11) is 0. The molecule has 3 aromatic carbocycles. The van der Waals surface area contributed by atoms with Crippen molar-refractivity contribution < 1.29 is 14.5 Å². The Morgan fingerprint density at radius 3 is 2.56 bits per heavy atom. The number of nitrogens with zero attached hydrogens (tertiary/aromatic N) is 2. The van der Waals surface area contributed by atoms with Crippen LogP contribution in [0.15, 0.2) is 87.6 Å². The number of carbonyl (C=O) groups excluding carboxylic acids is 2. The van der Waals surface area contributed by atoms with Gasteiger partial charge in [-0.15, -0.1) is 11.3 Å². The van der Waals surface area contributed by atoms with E-state index in [1.54, 1.807) is 18.3 Å². The van der Waals surface area contributed by atoms with Crippen molar-refractivity contribution >= 4 is 57.5 Å². The molecule has 2 N–H and O–H groups in total. The number of hydrogen-bond acceptors (Lipinski definition) is 7. The van der Waals surface area contributed by atoms with Crippen LogP contribution in [0.4, 0.5) is 16.4 Å². The molecule has 5 rings (SSSR count). The Bertz CT molecular complexity index is 1630. The molecule has 208 valence electrons. The van der Waals surface area contributed by atoms with Crippen molar-refractivity contribution in [2.24, 2.45) is 4.99 Å².